The number of hydrogen-bond donors (Lipinski definition) is 1. The second-order valence-corrected chi connectivity index (χ2v) is 6.79. The van der Waals surface area contributed by atoms with Crippen molar-refractivity contribution in [2.75, 3.05) is 6.61 Å². The first-order chi connectivity index (χ1) is 12.0. The molecule has 1 unspecified atom stereocenters. The minimum Gasteiger partial charge on any atom is -0.468 e. The summed E-state index contributed by atoms with van der Waals surface area (Å²) in [5, 5.41) is 0.769. The van der Waals surface area contributed by atoms with Crippen molar-refractivity contribution in [2.45, 2.75) is 39.7 Å². The van der Waals surface area contributed by atoms with Gasteiger partial charge in [0, 0.05) is 11.1 Å². The Kier molecular flexibility index (Phi) is 9.90. The van der Waals surface area contributed by atoms with Crippen LogP contribution >= 0.6 is 11.6 Å². The van der Waals surface area contributed by atoms with Gasteiger partial charge in [-0.05, 0) is 54.5 Å². The van der Waals surface area contributed by atoms with Crippen LogP contribution in [0.15, 0.2) is 48.5 Å². The average molecular weight is 362 g/mol. The third-order valence-corrected chi connectivity index (χ3v) is 3.85. The van der Waals surface area contributed by atoms with Gasteiger partial charge in [0.2, 0.25) is 0 Å². The zero-order chi connectivity index (χ0) is 18.7. The maximum absolute atomic E-state index is 9.18. The molecule has 2 rings (SSSR count). The molecule has 0 amide bonds. The van der Waals surface area contributed by atoms with Crippen LogP contribution in [0.3, 0.4) is 0 Å². The molecular weight excluding hydrogens is 334 g/mol. The lowest BCUT2D eigenvalue weighted by molar-refractivity contribution is -0.128. The highest BCUT2D eigenvalue weighted by Gasteiger charge is 2.07. The summed E-state index contributed by atoms with van der Waals surface area (Å²) in [5.74, 6) is 0.649. The number of hydrogen-bond acceptors (Lipinski definition) is 3. The standard InChI is InChI=1S/C18H22ClN.C3H6O2/c1-13(2)10-18(20)11-14-6-8-15(9-7-14)16-4-3-5-17(19)12-16;1-2-5-3-4/h3-9,12-13,18H,10-11,20H2,1-2H3;3H,2H2,1H3. The molecule has 0 aromatic heterocycles. The van der Waals surface area contributed by atoms with Crippen LogP contribution in [-0.2, 0) is 16.0 Å². The first kappa shape index (κ1) is 21.2. The van der Waals surface area contributed by atoms with Crippen LogP contribution in [-0.4, -0.2) is 19.1 Å². The van der Waals surface area contributed by atoms with Gasteiger partial charge in [-0.15, -0.1) is 0 Å². The molecule has 0 saturated carbocycles. The molecule has 0 fully saturated rings. The van der Waals surface area contributed by atoms with Crippen LogP contribution in [0, 0.1) is 5.92 Å². The monoisotopic (exact) mass is 361 g/mol. The number of carbonyl (C=O) groups is 1. The fraction of sp³-hybridized carbons (Fsp3) is 0.381. The lowest BCUT2D eigenvalue weighted by atomic mass is 9.96. The molecule has 4 heteroatoms. The highest BCUT2D eigenvalue weighted by atomic mass is 35.5. The Morgan fingerprint density at radius 2 is 1.80 bits per heavy atom. The number of rotatable bonds is 7. The van der Waals surface area contributed by atoms with E-state index < -0.39 is 0 Å². The summed E-state index contributed by atoms with van der Waals surface area (Å²) >= 11 is 6.03. The van der Waals surface area contributed by atoms with Gasteiger partial charge in [-0.25, -0.2) is 0 Å². The minimum atomic E-state index is 0.243. The summed E-state index contributed by atoms with van der Waals surface area (Å²) in [6.07, 6.45) is 2.00. The Morgan fingerprint density at radius 1 is 1.12 bits per heavy atom. The van der Waals surface area contributed by atoms with Crippen LogP contribution in [0.2, 0.25) is 5.02 Å². The van der Waals surface area contributed by atoms with E-state index in [0.717, 1.165) is 23.4 Å². The topological polar surface area (TPSA) is 52.3 Å². The molecule has 0 radical (unpaired) electrons. The van der Waals surface area contributed by atoms with Crippen LogP contribution in [0.5, 0.6) is 0 Å². The predicted octanol–water partition coefficient (Wildman–Crippen LogP) is 5.10. The molecule has 136 valence electrons. The molecule has 2 aromatic carbocycles. The van der Waals surface area contributed by atoms with Gasteiger partial charge in [0.1, 0.15) is 0 Å². The molecule has 0 aliphatic rings. The number of benzene rings is 2. The van der Waals surface area contributed by atoms with Gasteiger partial charge >= 0.3 is 0 Å². The van der Waals surface area contributed by atoms with E-state index in [0.29, 0.717) is 19.0 Å². The van der Waals surface area contributed by atoms with Crippen LogP contribution in [0.25, 0.3) is 11.1 Å². The van der Waals surface area contributed by atoms with Crippen molar-refractivity contribution in [3.8, 4) is 11.1 Å². The van der Waals surface area contributed by atoms with Gasteiger partial charge in [0.15, 0.2) is 0 Å². The second kappa shape index (κ2) is 11.7. The van der Waals surface area contributed by atoms with Gasteiger partial charge in [0.05, 0.1) is 6.61 Å². The number of carbonyl (C=O) groups excluding carboxylic acids is 1. The summed E-state index contributed by atoms with van der Waals surface area (Å²) in [6, 6.07) is 16.8. The van der Waals surface area contributed by atoms with Gasteiger partial charge in [-0.2, -0.15) is 0 Å². The predicted molar refractivity (Wildman–Crippen MR) is 106 cm³/mol. The Hall–Kier alpha value is -1.84. The quantitative estimate of drug-likeness (QED) is 0.698. The van der Waals surface area contributed by atoms with Crippen LogP contribution in [0.4, 0.5) is 0 Å². The molecular formula is C21H28ClNO2. The van der Waals surface area contributed by atoms with Crippen LogP contribution < -0.4 is 5.73 Å². The minimum absolute atomic E-state index is 0.243. The smallest absolute Gasteiger partial charge is 0.293 e. The molecule has 0 bridgehead atoms. The molecule has 2 aromatic rings. The zero-order valence-corrected chi connectivity index (χ0v) is 16.0. The third kappa shape index (κ3) is 8.71. The Balaban J connectivity index is 0.000000550. The first-order valence-electron chi connectivity index (χ1n) is 8.62. The normalized spacial score (nSPS) is 11.4. The van der Waals surface area contributed by atoms with Crippen molar-refractivity contribution >= 4 is 18.1 Å². The molecule has 0 aliphatic heterocycles. The first-order valence-corrected chi connectivity index (χ1v) is 8.99. The molecule has 0 spiro atoms. The molecule has 3 nitrogen and oxygen atoms in total. The van der Waals surface area contributed by atoms with E-state index in [4.69, 9.17) is 17.3 Å². The van der Waals surface area contributed by atoms with Crippen LogP contribution in [0.1, 0.15) is 32.8 Å². The molecule has 1 atom stereocenters. The summed E-state index contributed by atoms with van der Waals surface area (Å²) < 4.78 is 4.15. The fourth-order valence-electron chi connectivity index (χ4n) is 2.56. The number of halogens is 1. The van der Waals surface area contributed by atoms with E-state index in [-0.39, 0.29) is 6.04 Å². The van der Waals surface area contributed by atoms with Crippen molar-refractivity contribution in [1.29, 1.82) is 0 Å². The molecule has 0 heterocycles. The number of ether oxygens (including phenoxy) is 1. The fourth-order valence-corrected chi connectivity index (χ4v) is 2.75. The summed E-state index contributed by atoms with van der Waals surface area (Å²) in [7, 11) is 0. The Labute approximate surface area is 156 Å². The Bertz CT molecular complexity index is 626. The van der Waals surface area contributed by atoms with E-state index in [1.54, 1.807) is 6.92 Å². The molecule has 0 saturated heterocycles. The highest BCUT2D eigenvalue weighted by molar-refractivity contribution is 6.30. The maximum Gasteiger partial charge on any atom is 0.293 e. The number of nitrogens with two attached hydrogens (primary N) is 1. The van der Waals surface area contributed by atoms with E-state index in [1.807, 2.05) is 18.2 Å². The highest BCUT2D eigenvalue weighted by Crippen LogP contribution is 2.23. The van der Waals surface area contributed by atoms with Crippen molar-refractivity contribution in [3.05, 3.63) is 59.1 Å². The molecule has 2 N–H and O–H groups in total. The maximum atomic E-state index is 9.18. The Morgan fingerprint density at radius 3 is 2.28 bits per heavy atom. The van der Waals surface area contributed by atoms with Crippen molar-refractivity contribution < 1.29 is 9.53 Å². The van der Waals surface area contributed by atoms with E-state index in [1.165, 1.54) is 11.1 Å². The molecule has 0 aliphatic carbocycles. The van der Waals surface area contributed by atoms with Gasteiger partial charge in [-0.1, -0.05) is 61.8 Å². The third-order valence-electron chi connectivity index (χ3n) is 3.62. The summed E-state index contributed by atoms with van der Waals surface area (Å²) in [4.78, 5) is 9.18. The summed E-state index contributed by atoms with van der Waals surface area (Å²) in [5.41, 5.74) is 9.79. The summed E-state index contributed by atoms with van der Waals surface area (Å²) in [6.45, 7) is 7.09. The largest absolute Gasteiger partial charge is 0.468 e. The van der Waals surface area contributed by atoms with Gasteiger partial charge in [0.25, 0.3) is 6.47 Å². The zero-order valence-electron chi connectivity index (χ0n) is 15.2. The lowest BCUT2D eigenvalue weighted by Crippen LogP contribution is -2.24. The SMILES string of the molecule is CC(C)CC(N)Cc1ccc(-c2cccc(Cl)c2)cc1.CCOC=O. The van der Waals surface area contributed by atoms with E-state index in [2.05, 4.69) is 48.9 Å². The molecule has 25 heavy (non-hydrogen) atoms. The van der Waals surface area contributed by atoms with Crippen molar-refractivity contribution in [1.82, 2.24) is 0 Å². The average Bonchev–Trinajstić information content (AvgIpc) is 2.56. The lowest BCUT2D eigenvalue weighted by Gasteiger charge is -2.14. The van der Waals surface area contributed by atoms with Gasteiger partial charge < -0.3 is 10.5 Å². The van der Waals surface area contributed by atoms with E-state index >= 15 is 0 Å². The van der Waals surface area contributed by atoms with Crippen molar-refractivity contribution in [2.24, 2.45) is 11.7 Å². The van der Waals surface area contributed by atoms with Crippen molar-refractivity contribution in [3.63, 3.8) is 0 Å². The van der Waals surface area contributed by atoms with Gasteiger partial charge in [-0.3, -0.25) is 4.79 Å². The second-order valence-electron chi connectivity index (χ2n) is 6.35. The van der Waals surface area contributed by atoms with E-state index in [9.17, 15) is 4.79 Å².